The lowest BCUT2D eigenvalue weighted by Gasteiger charge is -2.40. The largest absolute Gasteiger partial charge is 0.371 e. The monoisotopic (exact) mass is 356 g/mol. The Kier molecular flexibility index (Phi) is 4.87. The fraction of sp³-hybridized carbons (Fsp3) is 0.500. The molecule has 2 fully saturated rings. The molecule has 2 saturated heterocycles. The van der Waals surface area contributed by atoms with Gasteiger partial charge in [0.15, 0.2) is 0 Å². The number of anilines is 1. The summed E-state index contributed by atoms with van der Waals surface area (Å²) in [6.07, 6.45) is 6.75. The van der Waals surface area contributed by atoms with Gasteiger partial charge in [0.05, 0.1) is 18.2 Å². The molecule has 6 heteroatoms. The molecule has 138 valence electrons. The minimum Gasteiger partial charge on any atom is -0.371 e. The van der Waals surface area contributed by atoms with Gasteiger partial charge in [-0.25, -0.2) is 14.4 Å². The van der Waals surface area contributed by atoms with Crippen LogP contribution in [0.1, 0.15) is 24.8 Å². The van der Waals surface area contributed by atoms with Crippen molar-refractivity contribution in [1.82, 2.24) is 14.9 Å². The first-order valence-corrected chi connectivity index (χ1v) is 9.24. The molecule has 0 unspecified atom stereocenters. The zero-order chi connectivity index (χ0) is 18.0. The fourth-order valence-electron chi connectivity index (χ4n) is 4.16. The predicted molar refractivity (Wildman–Crippen MR) is 98.4 cm³/mol. The van der Waals surface area contributed by atoms with Crippen LogP contribution in [0, 0.1) is 5.82 Å². The molecule has 26 heavy (non-hydrogen) atoms. The SMILES string of the molecule is CN(c1ncccn1)[C@H]1CO[C@]2(CCCN(Cc3ccc(F)cc3)C2)C1. The molecule has 3 heterocycles. The molecule has 2 aromatic rings. The van der Waals surface area contributed by atoms with Gasteiger partial charge in [0.1, 0.15) is 5.82 Å². The normalized spacial score (nSPS) is 26.3. The Morgan fingerprint density at radius 2 is 2.04 bits per heavy atom. The molecule has 1 spiro atoms. The first-order valence-electron chi connectivity index (χ1n) is 9.24. The second-order valence-electron chi connectivity index (χ2n) is 7.45. The van der Waals surface area contributed by atoms with E-state index in [9.17, 15) is 4.39 Å². The van der Waals surface area contributed by atoms with Crippen molar-refractivity contribution >= 4 is 5.95 Å². The highest BCUT2D eigenvalue weighted by Crippen LogP contribution is 2.37. The number of likely N-dealkylation sites (tertiary alicyclic amines) is 1. The van der Waals surface area contributed by atoms with E-state index >= 15 is 0 Å². The van der Waals surface area contributed by atoms with Gasteiger partial charge in [-0.2, -0.15) is 0 Å². The molecular formula is C20H25FN4O. The lowest BCUT2D eigenvalue weighted by molar-refractivity contribution is -0.0533. The van der Waals surface area contributed by atoms with Crippen LogP contribution < -0.4 is 4.90 Å². The number of hydrogen-bond donors (Lipinski definition) is 0. The Morgan fingerprint density at radius 3 is 2.81 bits per heavy atom. The quantitative estimate of drug-likeness (QED) is 0.843. The van der Waals surface area contributed by atoms with E-state index < -0.39 is 0 Å². The standard InChI is InChI=1S/C20H25FN4O/c1-24(19-22-9-3-10-23-19)18-12-20(26-14-18)8-2-11-25(15-20)13-16-4-6-17(21)7-5-16/h3-7,9-10,18H,2,8,11-15H2,1H3/t18-,20-/m1/s1. The number of aromatic nitrogens is 2. The van der Waals surface area contributed by atoms with Crippen molar-refractivity contribution in [2.45, 2.75) is 37.5 Å². The lowest BCUT2D eigenvalue weighted by Crippen LogP contribution is -2.48. The summed E-state index contributed by atoms with van der Waals surface area (Å²) in [7, 11) is 2.04. The van der Waals surface area contributed by atoms with Crippen LogP contribution in [0.15, 0.2) is 42.7 Å². The third-order valence-electron chi connectivity index (χ3n) is 5.54. The molecule has 2 atom stereocenters. The number of ether oxygens (including phenoxy) is 1. The van der Waals surface area contributed by atoms with Crippen molar-refractivity contribution in [2.24, 2.45) is 0 Å². The number of hydrogen-bond acceptors (Lipinski definition) is 5. The molecule has 0 aliphatic carbocycles. The van der Waals surface area contributed by atoms with E-state index in [1.54, 1.807) is 12.4 Å². The maximum Gasteiger partial charge on any atom is 0.225 e. The Morgan fingerprint density at radius 1 is 1.27 bits per heavy atom. The highest BCUT2D eigenvalue weighted by molar-refractivity contribution is 5.30. The number of halogens is 1. The summed E-state index contributed by atoms with van der Waals surface area (Å²) >= 11 is 0. The molecule has 4 rings (SSSR count). The number of benzene rings is 1. The number of piperidine rings is 1. The molecule has 0 bridgehead atoms. The molecule has 0 radical (unpaired) electrons. The van der Waals surface area contributed by atoms with Gasteiger partial charge in [-0.3, -0.25) is 4.90 Å². The summed E-state index contributed by atoms with van der Waals surface area (Å²) in [5.41, 5.74) is 1.05. The zero-order valence-electron chi connectivity index (χ0n) is 15.1. The first-order chi connectivity index (χ1) is 12.6. The van der Waals surface area contributed by atoms with Crippen molar-refractivity contribution in [2.75, 3.05) is 31.6 Å². The maximum atomic E-state index is 13.1. The van der Waals surface area contributed by atoms with Crippen LogP contribution in [0.5, 0.6) is 0 Å². The van der Waals surface area contributed by atoms with Gasteiger partial charge in [0, 0.05) is 39.0 Å². The van der Waals surface area contributed by atoms with Gasteiger partial charge >= 0.3 is 0 Å². The van der Waals surface area contributed by atoms with Gasteiger partial charge in [0.2, 0.25) is 5.95 Å². The minimum absolute atomic E-state index is 0.0913. The first kappa shape index (κ1) is 17.4. The van der Waals surface area contributed by atoms with Crippen LogP contribution >= 0.6 is 0 Å². The molecule has 2 aliphatic rings. The smallest absolute Gasteiger partial charge is 0.225 e. The second-order valence-corrected chi connectivity index (χ2v) is 7.45. The van der Waals surface area contributed by atoms with Crippen LogP contribution in [-0.4, -0.2) is 53.3 Å². The van der Waals surface area contributed by atoms with Gasteiger partial charge < -0.3 is 9.64 Å². The van der Waals surface area contributed by atoms with E-state index in [4.69, 9.17) is 4.74 Å². The molecule has 1 aromatic carbocycles. The van der Waals surface area contributed by atoms with Crippen LogP contribution in [0.2, 0.25) is 0 Å². The maximum absolute atomic E-state index is 13.1. The molecule has 1 aromatic heterocycles. The topological polar surface area (TPSA) is 41.5 Å². The number of likely N-dealkylation sites (N-methyl/N-ethyl adjacent to an activating group) is 1. The fourth-order valence-corrected chi connectivity index (χ4v) is 4.16. The van der Waals surface area contributed by atoms with E-state index in [0.717, 1.165) is 50.4 Å². The third-order valence-corrected chi connectivity index (χ3v) is 5.54. The second kappa shape index (κ2) is 7.29. The molecular weight excluding hydrogens is 331 g/mol. The van der Waals surface area contributed by atoms with Gasteiger partial charge in [0.25, 0.3) is 0 Å². The highest BCUT2D eigenvalue weighted by atomic mass is 19.1. The van der Waals surface area contributed by atoms with Gasteiger partial charge in [-0.15, -0.1) is 0 Å². The number of nitrogens with zero attached hydrogens (tertiary/aromatic N) is 4. The summed E-state index contributed by atoms with van der Waals surface area (Å²) in [4.78, 5) is 13.3. The highest BCUT2D eigenvalue weighted by Gasteiger charge is 2.44. The average Bonchev–Trinajstić information content (AvgIpc) is 3.07. The predicted octanol–water partition coefficient (Wildman–Crippen LogP) is 2.88. The van der Waals surface area contributed by atoms with Crippen molar-refractivity contribution in [3.8, 4) is 0 Å². The lowest BCUT2D eigenvalue weighted by atomic mass is 9.88. The minimum atomic E-state index is -0.183. The van der Waals surface area contributed by atoms with Gasteiger partial charge in [-0.05, 0) is 43.1 Å². The van der Waals surface area contributed by atoms with Crippen molar-refractivity contribution in [3.63, 3.8) is 0 Å². The Bertz CT molecular complexity index is 726. The molecule has 0 saturated carbocycles. The average molecular weight is 356 g/mol. The van der Waals surface area contributed by atoms with E-state index in [2.05, 4.69) is 19.8 Å². The Hall–Kier alpha value is -2.05. The van der Waals surface area contributed by atoms with E-state index in [1.165, 1.54) is 12.1 Å². The summed E-state index contributed by atoms with van der Waals surface area (Å²) < 4.78 is 19.4. The van der Waals surface area contributed by atoms with E-state index in [1.807, 2.05) is 25.2 Å². The van der Waals surface area contributed by atoms with Crippen molar-refractivity contribution < 1.29 is 9.13 Å². The summed E-state index contributed by atoms with van der Waals surface area (Å²) in [6, 6.07) is 8.93. The van der Waals surface area contributed by atoms with Crippen molar-refractivity contribution in [3.05, 3.63) is 54.1 Å². The Balaban J connectivity index is 1.40. The van der Waals surface area contributed by atoms with Crippen LogP contribution in [0.3, 0.4) is 0 Å². The molecule has 0 N–H and O–H groups in total. The van der Waals surface area contributed by atoms with Crippen LogP contribution in [0.4, 0.5) is 10.3 Å². The molecule has 0 amide bonds. The summed E-state index contributed by atoms with van der Waals surface area (Å²) in [5, 5.41) is 0. The Labute approximate surface area is 153 Å². The van der Waals surface area contributed by atoms with Crippen LogP contribution in [-0.2, 0) is 11.3 Å². The summed E-state index contributed by atoms with van der Waals surface area (Å²) in [5.74, 6) is 0.564. The number of rotatable bonds is 4. The van der Waals surface area contributed by atoms with E-state index in [-0.39, 0.29) is 11.4 Å². The van der Waals surface area contributed by atoms with E-state index in [0.29, 0.717) is 12.6 Å². The summed E-state index contributed by atoms with van der Waals surface area (Å²) in [6.45, 7) is 3.53. The molecule has 5 nitrogen and oxygen atoms in total. The van der Waals surface area contributed by atoms with Crippen LogP contribution in [0.25, 0.3) is 0 Å². The van der Waals surface area contributed by atoms with Crippen molar-refractivity contribution in [1.29, 1.82) is 0 Å². The zero-order valence-corrected chi connectivity index (χ0v) is 15.1. The van der Waals surface area contributed by atoms with Gasteiger partial charge in [-0.1, -0.05) is 12.1 Å². The molecule has 2 aliphatic heterocycles. The third kappa shape index (κ3) is 3.71.